The van der Waals surface area contributed by atoms with E-state index in [0.29, 0.717) is 13.0 Å². The predicted molar refractivity (Wildman–Crippen MR) is 72.0 cm³/mol. The number of carbonyl (C=O) groups excluding carboxylic acids is 1. The smallest absolute Gasteiger partial charge is 0.248 e. The van der Waals surface area contributed by atoms with E-state index < -0.39 is 26.6 Å². The van der Waals surface area contributed by atoms with Gasteiger partial charge in [-0.25, -0.2) is 17.2 Å². The van der Waals surface area contributed by atoms with Gasteiger partial charge in [-0.2, -0.15) is 4.31 Å². The molecule has 21 heavy (non-hydrogen) atoms. The van der Waals surface area contributed by atoms with E-state index >= 15 is 0 Å². The second-order valence-electron chi connectivity index (χ2n) is 4.81. The SMILES string of the molecule is CC(=O)N1CCCN(S(=O)(=O)c2c(F)cccc2F)CC1. The summed E-state index contributed by atoms with van der Waals surface area (Å²) in [4.78, 5) is 11.9. The van der Waals surface area contributed by atoms with Gasteiger partial charge < -0.3 is 4.90 Å². The molecule has 0 N–H and O–H groups in total. The number of nitrogens with zero attached hydrogens (tertiary/aromatic N) is 2. The molecule has 0 aromatic heterocycles. The van der Waals surface area contributed by atoms with E-state index in [2.05, 4.69) is 0 Å². The van der Waals surface area contributed by atoms with Crippen molar-refractivity contribution in [2.45, 2.75) is 18.2 Å². The van der Waals surface area contributed by atoms with Crippen LogP contribution in [0.15, 0.2) is 23.1 Å². The summed E-state index contributed by atoms with van der Waals surface area (Å²) in [6.45, 7) is 2.20. The van der Waals surface area contributed by atoms with Gasteiger partial charge in [0, 0.05) is 33.1 Å². The highest BCUT2D eigenvalue weighted by Crippen LogP contribution is 2.23. The fraction of sp³-hybridized carbons (Fsp3) is 0.462. The molecule has 0 saturated carbocycles. The Labute approximate surface area is 122 Å². The molecule has 1 aliphatic rings. The molecule has 0 unspecified atom stereocenters. The second-order valence-corrected chi connectivity index (χ2v) is 6.69. The molecule has 1 saturated heterocycles. The molecule has 1 fully saturated rings. The molecular formula is C13H16F2N2O3S. The summed E-state index contributed by atoms with van der Waals surface area (Å²) in [5, 5.41) is 0. The molecule has 0 spiro atoms. The van der Waals surface area contributed by atoms with Crippen molar-refractivity contribution in [3.63, 3.8) is 0 Å². The number of rotatable bonds is 2. The number of sulfonamides is 1. The molecular weight excluding hydrogens is 302 g/mol. The average molecular weight is 318 g/mol. The lowest BCUT2D eigenvalue weighted by atomic mass is 10.3. The number of carbonyl (C=O) groups is 1. The molecule has 116 valence electrons. The molecule has 0 bridgehead atoms. The van der Waals surface area contributed by atoms with Crippen molar-refractivity contribution < 1.29 is 22.0 Å². The Kier molecular flexibility index (Phi) is 4.58. The third-order valence-corrected chi connectivity index (χ3v) is 5.37. The summed E-state index contributed by atoms with van der Waals surface area (Å²) in [5.74, 6) is -2.36. The molecule has 1 amide bonds. The van der Waals surface area contributed by atoms with Gasteiger partial charge in [0.25, 0.3) is 0 Å². The third kappa shape index (κ3) is 3.21. The Morgan fingerprint density at radius 2 is 1.71 bits per heavy atom. The van der Waals surface area contributed by atoms with E-state index in [9.17, 15) is 22.0 Å². The van der Waals surface area contributed by atoms with Crippen LogP contribution in [0.25, 0.3) is 0 Å². The Morgan fingerprint density at radius 3 is 2.29 bits per heavy atom. The lowest BCUT2D eigenvalue weighted by molar-refractivity contribution is -0.128. The quantitative estimate of drug-likeness (QED) is 0.823. The molecule has 5 nitrogen and oxygen atoms in total. The summed E-state index contributed by atoms with van der Waals surface area (Å²) < 4.78 is 53.2. The van der Waals surface area contributed by atoms with Crippen LogP contribution in [0.3, 0.4) is 0 Å². The molecule has 0 radical (unpaired) electrons. The van der Waals surface area contributed by atoms with E-state index in [1.807, 2.05) is 0 Å². The van der Waals surface area contributed by atoms with Crippen molar-refractivity contribution >= 4 is 15.9 Å². The minimum absolute atomic E-state index is 0.0235. The third-order valence-electron chi connectivity index (χ3n) is 3.42. The van der Waals surface area contributed by atoms with E-state index in [-0.39, 0.29) is 25.5 Å². The van der Waals surface area contributed by atoms with Crippen LogP contribution < -0.4 is 0 Å². The minimum atomic E-state index is -4.25. The normalized spacial score (nSPS) is 17.6. The van der Waals surface area contributed by atoms with Gasteiger partial charge in [-0.15, -0.1) is 0 Å². The largest absolute Gasteiger partial charge is 0.342 e. The molecule has 8 heteroatoms. The van der Waals surface area contributed by atoms with Crippen molar-refractivity contribution in [2.75, 3.05) is 26.2 Å². The van der Waals surface area contributed by atoms with E-state index in [1.165, 1.54) is 11.8 Å². The van der Waals surface area contributed by atoms with E-state index in [1.54, 1.807) is 0 Å². The molecule has 1 aromatic rings. The van der Waals surface area contributed by atoms with Gasteiger partial charge in [-0.05, 0) is 18.6 Å². The first-order valence-electron chi connectivity index (χ1n) is 6.53. The van der Waals surface area contributed by atoms with Crippen LogP contribution in [0.1, 0.15) is 13.3 Å². The standard InChI is InChI=1S/C13H16F2N2O3S/c1-10(18)16-6-3-7-17(9-8-16)21(19,20)13-11(14)4-2-5-12(13)15/h2,4-5H,3,6-9H2,1H3. The lowest BCUT2D eigenvalue weighted by Crippen LogP contribution is -2.37. The van der Waals surface area contributed by atoms with Gasteiger partial charge >= 0.3 is 0 Å². The summed E-state index contributed by atoms with van der Waals surface area (Å²) in [6.07, 6.45) is 0.425. The second kappa shape index (κ2) is 6.07. The predicted octanol–water partition coefficient (Wildman–Crippen LogP) is 1.21. The minimum Gasteiger partial charge on any atom is -0.342 e. The molecule has 0 aliphatic carbocycles. The zero-order valence-electron chi connectivity index (χ0n) is 11.6. The summed E-state index contributed by atoms with van der Waals surface area (Å²) in [7, 11) is -4.25. The lowest BCUT2D eigenvalue weighted by Gasteiger charge is -2.21. The highest BCUT2D eigenvalue weighted by Gasteiger charge is 2.32. The summed E-state index contributed by atoms with van der Waals surface area (Å²) in [5.41, 5.74) is 0. The maximum Gasteiger partial charge on any atom is 0.248 e. The fourth-order valence-corrected chi connectivity index (χ4v) is 3.89. The highest BCUT2D eigenvalue weighted by atomic mass is 32.2. The van der Waals surface area contributed by atoms with Crippen LogP contribution >= 0.6 is 0 Å². The fourth-order valence-electron chi connectivity index (χ4n) is 2.31. The first-order chi connectivity index (χ1) is 9.84. The number of hydrogen-bond donors (Lipinski definition) is 0. The maximum absolute atomic E-state index is 13.7. The Balaban J connectivity index is 2.30. The van der Waals surface area contributed by atoms with Crippen molar-refractivity contribution in [1.29, 1.82) is 0 Å². The van der Waals surface area contributed by atoms with E-state index in [4.69, 9.17) is 0 Å². The van der Waals surface area contributed by atoms with Gasteiger partial charge in [0.1, 0.15) is 11.6 Å². The van der Waals surface area contributed by atoms with Crippen LogP contribution in [0.5, 0.6) is 0 Å². The first kappa shape index (κ1) is 15.8. The molecule has 1 heterocycles. The van der Waals surface area contributed by atoms with Crippen molar-refractivity contribution in [1.82, 2.24) is 9.21 Å². The van der Waals surface area contributed by atoms with Crippen LogP contribution in [0.2, 0.25) is 0 Å². The summed E-state index contributed by atoms with van der Waals surface area (Å²) in [6, 6.07) is 2.94. The first-order valence-corrected chi connectivity index (χ1v) is 7.97. The van der Waals surface area contributed by atoms with Gasteiger partial charge in [0.2, 0.25) is 15.9 Å². The van der Waals surface area contributed by atoms with Gasteiger partial charge in [0.05, 0.1) is 0 Å². The van der Waals surface area contributed by atoms with Crippen LogP contribution in [-0.2, 0) is 14.8 Å². The molecule has 2 rings (SSSR count). The number of benzene rings is 1. The molecule has 1 aromatic carbocycles. The topological polar surface area (TPSA) is 57.7 Å². The van der Waals surface area contributed by atoms with Crippen LogP contribution in [0, 0.1) is 11.6 Å². The highest BCUT2D eigenvalue weighted by molar-refractivity contribution is 7.89. The van der Waals surface area contributed by atoms with E-state index in [0.717, 1.165) is 22.5 Å². The van der Waals surface area contributed by atoms with Gasteiger partial charge in [0.15, 0.2) is 4.90 Å². The number of halogens is 2. The maximum atomic E-state index is 13.7. The molecule has 0 atom stereocenters. The van der Waals surface area contributed by atoms with Crippen molar-refractivity contribution in [3.8, 4) is 0 Å². The van der Waals surface area contributed by atoms with Crippen LogP contribution in [-0.4, -0.2) is 49.7 Å². The number of hydrogen-bond acceptors (Lipinski definition) is 3. The Morgan fingerprint density at radius 1 is 1.10 bits per heavy atom. The zero-order chi connectivity index (χ0) is 15.6. The zero-order valence-corrected chi connectivity index (χ0v) is 12.4. The number of amides is 1. The summed E-state index contributed by atoms with van der Waals surface area (Å²) >= 11 is 0. The molecule has 1 aliphatic heterocycles. The Hall–Kier alpha value is -1.54. The van der Waals surface area contributed by atoms with Gasteiger partial charge in [-0.1, -0.05) is 6.07 Å². The van der Waals surface area contributed by atoms with Gasteiger partial charge in [-0.3, -0.25) is 4.79 Å². The monoisotopic (exact) mass is 318 g/mol. The average Bonchev–Trinajstić information content (AvgIpc) is 2.64. The Bertz CT molecular complexity index is 629. The van der Waals surface area contributed by atoms with Crippen molar-refractivity contribution in [3.05, 3.63) is 29.8 Å². The van der Waals surface area contributed by atoms with Crippen LogP contribution in [0.4, 0.5) is 8.78 Å². The van der Waals surface area contributed by atoms with Crippen molar-refractivity contribution in [2.24, 2.45) is 0 Å².